The van der Waals surface area contributed by atoms with E-state index in [0.29, 0.717) is 5.69 Å². The molecule has 168 valence electrons. The maximum Gasteiger partial charge on any atom is 0.407 e. The van der Waals surface area contributed by atoms with Gasteiger partial charge in [-0.3, -0.25) is 4.79 Å². The summed E-state index contributed by atoms with van der Waals surface area (Å²) in [5.74, 6) is -1.49. The molecule has 3 N–H and O–H groups in total. The lowest BCUT2D eigenvalue weighted by atomic mass is 9.98. The topological polar surface area (TPSA) is 114 Å². The molecule has 8 nitrogen and oxygen atoms in total. The van der Waals surface area contributed by atoms with Gasteiger partial charge < -0.3 is 25.2 Å². The first-order chi connectivity index (χ1) is 16.0. The van der Waals surface area contributed by atoms with Gasteiger partial charge in [-0.2, -0.15) is 0 Å². The molecule has 0 unspecified atom stereocenters. The highest BCUT2D eigenvalue weighted by Crippen LogP contribution is 2.44. The van der Waals surface area contributed by atoms with Gasteiger partial charge in [0.15, 0.2) is 6.61 Å². The number of fused-ring (bicyclic) bond motifs is 3. The van der Waals surface area contributed by atoms with Crippen molar-refractivity contribution in [2.75, 3.05) is 25.1 Å². The largest absolute Gasteiger partial charge is 0.480 e. The summed E-state index contributed by atoms with van der Waals surface area (Å²) in [6, 6.07) is 22.5. The number of hydrogen-bond donors (Lipinski definition) is 3. The van der Waals surface area contributed by atoms with E-state index in [-0.39, 0.29) is 24.8 Å². The summed E-state index contributed by atoms with van der Waals surface area (Å²) < 4.78 is 10.6. The Kier molecular flexibility index (Phi) is 6.54. The molecule has 4 rings (SSSR count). The lowest BCUT2D eigenvalue weighted by molar-refractivity contribution is -0.139. The molecule has 0 atom stereocenters. The third-order valence-corrected chi connectivity index (χ3v) is 5.25. The summed E-state index contributed by atoms with van der Waals surface area (Å²) in [4.78, 5) is 35.2. The average molecular weight is 446 g/mol. The van der Waals surface area contributed by atoms with Crippen molar-refractivity contribution in [1.29, 1.82) is 0 Å². The molecule has 0 aromatic heterocycles. The molecule has 1 aliphatic rings. The fourth-order valence-corrected chi connectivity index (χ4v) is 3.83. The van der Waals surface area contributed by atoms with E-state index in [1.165, 1.54) is 6.07 Å². The summed E-state index contributed by atoms with van der Waals surface area (Å²) in [5.41, 5.74) is 4.76. The predicted molar refractivity (Wildman–Crippen MR) is 121 cm³/mol. The first kappa shape index (κ1) is 21.9. The number of anilines is 1. The summed E-state index contributed by atoms with van der Waals surface area (Å²) in [5, 5.41) is 13.8. The zero-order valence-electron chi connectivity index (χ0n) is 17.6. The first-order valence-electron chi connectivity index (χ1n) is 10.3. The van der Waals surface area contributed by atoms with Gasteiger partial charge in [0.05, 0.1) is 5.69 Å². The molecular weight excluding hydrogens is 424 g/mol. The molecule has 0 heterocycles. The molecule has 0 saturated heterocycles. The van der Waals surface area contributed by atoms with Crippen LogP contribution in [0.15, 0.2) is 72.8 Å². The van der Waals surface area contributed by atoms with E-state index < -0.39 is 24.6 Å². The van der Waals surface area contributed by atoms with Crippen LogP contribution >= 0.6 is 0 Å². The summed E-state index contributed by atoms with van der Waals surface area (Å²) in [6.07, 6.45) is -0.706. The minimum absolute atomic E-state index is 0.0739. The Labute approximate surface area is 190 Å². The Morgan fingerprint density at radius 3 is 2.12 bits per heavy atom. The van der Waals surface area contributed by atoms with Gasteiger partial charge in [0.1, 0.15) is 18.9 Å². The molecular formula is C25H22N2O6. The van der Waals surface area contributed by atoms with E-state index in [9.17, 15) is 14.4 Å². The number of rotatable bonds is 8. The van der Waals surface area contributed by atoms with Crippen LogP contribution < -0.4 is 15.4 Å². The molecule has 0 bridgehead atoms. The van der Waals surface area contributed by atoms with Crippen molar-refractivity contribution in [3.05, 3.63) is 83.9 Å². The van der Waals surface area contributed by atoms with Gasteiger partial charge in [0, 0.05) is 5.92 Å². The van der Waals surface area contributed by atoms with E-state index >= 15 is 0 Å². The molecule has 2 amide bonds. The summed E-state index contributed by atoms with van der Waals surface area (Å²) >= 11 is 0. The quantitative estimate of drug-likeness (QED) is 0.487. The second kappa shape index (κ2) is 9.86. The number of aliphatic carboxylic acids is 1. The zero-order chi connectivity index (χ0) is 23.2. The molecule has 8 heteroatoms. The van der Waals surface area contributed by atoms with Crippen LogP contribution in [0.1, 0.15) is 17.0 Å². The van der Waals surface area contributed by atoms with Crippen LogP contribution in [-0.2, 0) is 14.3 Å². The molecule has 33 heavy (non-hydrogen) atoms. The number of carbonyl (C=O) groups is 3. The molecule has 0 saturated carbocycles. The normalized spacial score (nSPS) is 11.8. The van der Waals surface area contributed by atoms with Crippen LogP contribution in [0.2, 0.25) is 0 Å². The Bertz CT molecular complexity index is 1150. The number of carboxylic acids is 1. The predicted octanol–water partition coefficient (Wildman–Crippen LogP) is 3.63. The van der Waals surface area contributed by atoms with Crippen molar-refractivity contribution in [3.8, 4) is 16.9 Å². The highest BCUT2D eigenvalue weighted by Gasteiger charge is 2.29. The van der Waals surface area contributed by atoms with Gasteiger partial charge in [-0.05, 0) is 34.4 Å². The van der Waals surface area contributed by atoms with Gasteiger partial charge in [-0.15, -0.1) is 0 Å². The molecule has 0 aliphatic heterocycles. The van der Waals surface area contributed by atoms with Gasteiger partial charge in [0.2, 0.25) is 5.91 Å². The number of hydrogen-bond acceptors (Lipinski definition) is 5. The number of para-hydroxylation sites is 2. The van der Waals surface area contributed by atoms with Crippen molar-refractivity contribution < 1.29 is 29.0 Å². The van der Waals surface area contributed by atoms with Gasteiger partial charge in [-0.1, -0.05) is 60.7 Å². The van der Waals surface area contributed by atoms with Gasteiger partial charge in [0.25, 0.3) is 0 Å². The minimum Gasteiger partial charge on any atom is -0.480 e. The van der Waals surface area contributed by atoms with Crippen molar-refractivity contribution in [2.24, 2.45) is 0 Å². The molecule has 0 fully saturated rings. The Morgan fingerprint density at radius 1 is 0.848 bits per heavy atom. The molecule has 0 spiro atoms. The Morgan fingerprint density at radius 2 is 1.45 bits per heavy atom. The van der Waals surface area contributed by atoms with E-state index in [4.69, 9.17) is 14.6 Å². The Hall–Kier alpha value is -4.33. The van der Waals surface area contributed by atoms with Crippen LogP contribution in [0.3, 0.4) is 0 Å². The number of carbonyl (C=O) groups excluding carboxylic acids is 2. The number of benzene rings is 3. The smallest absolute Gasteiger partial charge is 0.407 e. The van der Waals surface area contributed by atoms with E-state index in [0.717, 1.165) is 22.3 Å². The first-order valence-corrected chi connectivity index (χ1v) is 10.3. The van der Waals surface area contributed by atoms with Crippen LogP contribution in [0.25, 0.3) is 11.1 Å². The minimum atomic E-state index is -1.13. The monoisotopic (exact) mass is 446 g/mol. The van der Waals surface area contributed by atoms with Crippen LogP contribution in [-0.4, -0.2) is 42.8 Å². The number of amides is 2. The highest BCUT2D eigenvalue weighted by molar-refractivity contribution is 5.95. The summed E-state index contributed by atoms with van der Waals surface area (Å²) in [7, 11) is 0. The van der Waals surface area contributed by atoms with Gasteiger partial charge >= 0.3 is 12.1 Å². The van der Waals surface area contributed by atoms with Crippen molar-refractivity contribution in [2.45, 2.75) is 5.92 Å². The SMILES string of the molecule is O=C(O)COc1ccccc1NC(=O)CNC(=O)OCC1c2ccccc2-c2ccccc21. The number of carboxylic acid groups (broad SMARTS) is 1. The lowest BCUT2D eigenvalue weighted by Crippen LogP contribution is -2.34. The van der Waals surface area contributed by atoms with E-state index in [1.807, 2.05) is 36.4 Å². The average Bonchev–Trinajstić information content (AvgIpc) is 3.14. The standard InChI is InChI=1S/C25H22N2O6/c28-23(27-21-11-5-6-12-22(21)32-15-24(29)30)13-26-25(31)33-14-20-18-9-3-1-7-16(18)17-8-2-4-10-19(17)20/h1-12,20H,13-15H2,(H,26,31)(H,27,28)(H,29,30). The fraction of sp³-hybridized carbons (Fsp3) is 0.160. The fourth-order valence-electron chi connectivity index (χ4n) is 3.83. The van der Waals surface area contributed by atoms with Crippen LogP contribution in [0.4, 0.5) is 10.5 Å². The van der Waals surface area contributed by atoms with E-state index in [1.54, 1.807) is 18.2 Å². The van der Waals surface area contributed by atoms with Crippen LogP contribution in [0, 0.1) is 0 Å². The number of nitrogens with one attached hydrogen (secondary N) is 2. The Balaban J connectivity index is 1.30. The maximum absolute atomic E-state index is 12.2. The number of alkyl carbamates (subject to hydrolysis) is 1. The second-order valence-corrected chi connectivity index (χ2v) is 7.41. The highest BCUT2D eigenvalue weighted by atomic mass is 16.5. The summed E-state index contributed by atoms with van der Waals surface area (Å²) in [6.45, 7) is -0.706. The van der Waals surface area contributed by atoms with Crippen molar-refractivity contribution in [1.82, 2.24) is 5.32 Å². The van der Waals surface area contributed by atoms with Crippen molar-refractivity contribution >= 4 is 23.7 Å². The molecule has 3 aromatic rings. The second-order valence-electron chi connectivity index (χ2n) is 7.41. The van der Waals surface area contributed by atoms with E-state index in [2.05, 4.69) is 22.8 Å². The number of ether oxygens (including phenoxy) is 2. The molecule has 3 aromatic carbocycles. The maximum atomic E-state index is 12.2. The molecule has 1 aliphatic carbocycles. The van der Waals surface area contributed by atoms with Gasteiger partial charge in [-0.25, -0.2) is 9.59 Å². The zero-order valence-corrected chi connectivity index (χ0v) is 17.6. The van der Waals surface area contributed by atoms with Crippen LogP contribution in [0.5, 0.6) is 5.75 Å². The lowest BCUT2D eigenvalue weighted by Gasteiger charge is -2.15. The third-order valence-electron chi connectivity index (χ3n) is 5.25. The molecule has 0 radical (unpaired) electrons. The third kappa shape index (κ3) is 5.12. The van der Waals surface area contributed by atoms with Crippen molar-refractivity contribution in [3.63, 3.8) is 0 Å².